The van der Waals surface area contributed by atoms with Crippen LogP contribution in [0, 0.1) is 19.8 Å². The zero-order chi connectivity index (χ0) is 21.4. The topological polar surface area (TPSA) is 94.1 Å². The molecule has 2 aromatic rings. The summed E-state index contributed by atoms with van der Waals surface area (Å²) >= 11 is 8.16. The first-order valence-corrected chi connectivity index (χ1v) is 11.1. The van der Waals surface area contributed by atoms with Gasteiger partial charge in [0.2, 0.25) is 5.79 Å². The number of aromatic nitrogens is 2. The Morgan fingerprint density at radius 3 is 2.55 bits per heavy atom. The Kier molecular flexibility index (Phi) is 6.48. The van der Waals surface area contributed by atoms with Crippen LogP contribution >= 0.6 is 23.4 Å². The van der Waals surface area contributed by atoms with Crippen LogP contribution in [0.15, 0.2) is 11.0 Å². The Morgan fingerprint density at radius 2 is 1.97 bits per heavy atom. The quantitative estimate of drug-likeness (QED) is 0.209. The smallest absolute Gasteiger partial charge is 1.00 e. The van der Waals surface area contributed by atoms with E-state index in [-0.39, 0.29) is 65.7 Å². The molecule has 1 aromatic carbocycles. The number of carbonyl (C=O) groups is 3. The van der Waals surface area contributed by atoms with Gasteiger partial charge in [-0.15, -0.1) is 11.8 Å². The number of benzene rings is 1. The maximum atomic E-state index is 13.4. The fraction of sp³-hybridized carbons (Fsp3) is 0.429. The number of rotatable bonds is 3. The molecular weight excluding hydrogens is 467 g/mol. The van der Waals surface area contributed by atoms with Gasteiger partial charge in [0.05, 0.1) is 18.5 Å². The second-order valence-electron chi connectivity index (χ2n) is 7.95. The molecule has 0 bridgehead atoms. The Balaban J connectivity index is 0.00000144. The predicted octanol–water partition coefficient (Wildman–Crippen LogP) is 0.951. The molecule has 0 atom stereocenters. The second kappa shape index (κ2) is 8.45. The maximum absolute atomic E-state index is 13.4. The van der Waals surface area contributed by atoms with Gasteiger partial charge in [0.1, 0.15) is 11.1 Å². The summed E-state index contributed by atoms with van der Waals surface area (Å²) in [6.45, 7) is 6.37. The summed E-state index contributed by atoms with van der Waals surface area (Å²) in [7, 11) is 0. The van der Waals surface area contributed by atoms with Crippen LogP contribution in [0.1, 0.15) is 48.2 Å². The minimum Gasteiger partial charge on any atom is -1.00 e. The molecule has 7 nitrogen and oxygen atoms in total. The van der Waals surface area contributed by atoms with Gasteiger partial charge in [0.25, 0.3) is 0 Å². The molecule has 31 heavy (non-hydrogen) atoms. The fourth-order valence-electron chi connectivity index (χ4n) is 4.38. The van der Waals surface area contributed by atoms with Gasteiger partial charge in [-0.05, 0) is 38.0 Å². The maximum Gasteiger partial charge on any atom is 1.00 e. The van der Waals surface area contributed by atoms with E-state index in [1.54, 1.807) is 22.5 Å². The summed E-state index contributed by atoms with van der Waals surface area (Å²) in [5.74, 6) is -3.14. The number of halogens is 1. The molecule has 3 heterocycles. The van der Waals surface area contributed by atoms with Gasteiger partial charge in [-0.25, -0.2) is 0 Å². The number of fused-ring (bicyclic) bond motifs is 3. The number of carbonyl (C=O) groups excluding carboxylic acids is 3. The van der Waals surface area contributed by atoms with Crippen molar-refractivity contribution in [2.24, 2.45) is 5.92 Å². The second-order valence-corrected chi connectivity index (χ2v) is 9.30. The van der Waals surface area contributed by atoms with E-state index in [4.69, 9.17) is 21.4 Å². The first-order chi connectivity index (χ1) is 14.3. The van der Waals surface area contributed by atoms with Crippen molar-refractivity contribution in [3.63, 3.8) is 0 Å². The van der Waals surface area contributed by atoms with E-state index in [9.17, 15) is 14.4 Å². The number of thioether (sulfide) groups is 1. The van der Waals surface area contributed by atoms with Gasteiger partial charge in [-0.2, -0.15) is 14.9 Å². The van der Waals surface area contributed by atoms with Gasteiger partial charge in [-0.3, -0.25) is 19.1 Å². The number of Topliss-reactive ketones (excluding diaryl/α,β-unsaturated/α-hetero) is 3. The van der Waals surface area contributed by atoms with Crippen molar-refractivity contribution in [1.29, 1.82) is 0 Å². The van der Waals surface area contributed by atoms with Crippen molar-refractivity contribution in [1.82, 2.24) is 9.78 Å². The predicted molar refractivity (Wildman–Crippen MR) is 110 cm³/mol. The molecule has 1 saturated heterocycles. The average Bonchev–Trinajstić information content (AvgIpc) is 3.35. The van der Waals surface area contributed by atoms with Crippen molar-refractivity contribution < 1.29 is 77.0 Å². The van der Waals surface area contributed by atoms with Gasteiger partial charge >= 0.3 is 51.4 Å². The number of nitrogens with zero attached hydrogens (tertiary/aromatic N) is 2. The van der Waals surface area contributed by atoms with Gasteiger partial charge in [0.15, 0.2) is 17.3 Å². The minimum atomic E-state index is -1.31. The van der Waals surface area contributed by atoms with Crippen LogP contribution in [0.2, 0.25) is 5.15 Å². The zero-order valence-electron chi connectivity index (χ0n) is 18.7. The van der Waals surface area contributed by atoms with E-state index >= 15 is 0 Å². The SMILES string of the molecule is CCn1nc2c(c1Cl)CSc1c(C)cc(C(=O)C3C(=O)CC4(CC3=O)OO4)c(C)c1-2.[H-].[K+]. The summed E-state index contributed by atoms with van der Waals surface area (Å²) in [5.41, 5.74) is 4.58. The first-order valence-electron chi connectivity index (χ1n) is 9.75. The molecule has 1 aliphatic carbocycles. The largest absolute Gasteiger partial charge is 1.00 e. The van der Waals surface area contributed by atoms with Crippen molar-refractivity contribution in [2.75, 3.05) is 0 Å². The summed E-state index contributed by atoms with van der Waals surface area (Å²) in [6.07, 6.45) is -0.177. The van der Waals surface area contributed by atoms with Crippen LogP contribution in [0.3, 0.4) is 0 Å². The summed E-state index contributed by atoms with van der Waals surface area (Å²) < 4.78 is 1.74. The molecule has 10 heteroatoms. The van der Waals surface area contributed by atoms with Crippen LogP contribution in [0.5, 0.6) is 0 Å². The van der Waals surface area contributed by atoms with Crippen molar-refractivity contribution >= 4 is 40.7 Å². The number of hydrogen-bond acceptors (Lipinski definition) is 7. The third-order valence-corrected chi connectivity index (χ3v) is 7.65. The average molecular weight is 487 g/mol. The van der Waals surface area contributed by atoms with Crippen LogP contribution in [0.4, 0.5) is 0 Å². The molecule has 1 spiro atoms. The van der Waals surface area contributed by atoms with E-state index in [1.807, 2.05) is 20.8 Å². The normalized spacial score (nSPS) is 19.1. The van der Waals surface area contributed by atoms with Crippen LogP contribution in [-0.2, 0) is 31.7 Å². The summed E-state index contributed by atoms with van der Waals surface area (Å²) in [6, 6.07) is 1.78. The molecule has 0 N–H and O–H groups in total. The molecule has 3 aliphatic rings. The van der Waals surface area contributed by atoms with Crippen LogP contribution < -0.4 is 51.4 Å². The van der Waals surface area contributed by atoms with Crippen LogP contribution in [-0.4, -0.2) is 32.9 Å². The number of hydrogen-bond donors (Lipinski definition) is 0. The Hall–Kier alpha value is -0.364. The van der Waals surface area contributed by atoms with Crippen LogP contribution in [0.25, 0.3) is 11.3 Å². The fourth-order valence-corrected chi connectivity index (χ4v) is 6.02. The monoisotopic (exact) mass is 486 g/mol. The molecular formula is C21H20ClKN2O5S. The zero-order valence-corrected chi connectivity index (χ0v) is 22.4. The van der Waals surface area contributed by atoms with Gasteiger partial charge < -0.3 is 1.43 Å². The number of ketones is 3. The van der Waals surface area contributed by atoms with Crippen molar-refractivity contribution in [3.8, 4) is 11.3 Å². The Labute approximate surface area is 232 Å². The third-order valence-electron chi connectivity index (χ3n) is 5.98. The minimum absolute atomic E-state index is 0. The van der Waals surface area contributed by atoms with E-state index in [2.05, 4.69) is 5.10 Å². The number of aryl methyl sites for hydroxylation is 2. The van der Waals surface area contributed by atoms with E-state index in [1.165, 1.54) is 0 Å². The molecule has 0 amide bonds. The first kappa shape index (κ1) is 23.8. The molecule has 158 valence electrons. The summed E-state index contributed by atoms with van der Waals surface area (Å²) in [5, 5.41) is 5.28. The summed E-state index contributed by atoms with van der Waals surface area (Å²) in [4.78, 5) is 49.3. The third kappa shape index (κ3) is 3.76. The molecule has 0 radical (unpaired) electrons. The van der Waals surface area contributed by atoms with E-state index in [0.29, 0.717) is 28.6 Å². The standard InChI is InChI=1S/C21H19ClN2O5S.K.H/c1-4-24-20(22)12-8-30-19-9(2)5-11(10(3)15(19)17(12)23-24)18(27)16-13(25)6-21(28-29-21)7-14(16)26;;/h5,16H,4,6-8H2,1-3H3;;/q;+1;-1. The molecule has 2 aliphatic heterocycles. The van der Waals surface area contributed by atoms with Gasteiger partial charge in [-0.1, -0.05) is 11.6 Å². The Morgan fingerprint density at radius 1 is 1.32 bits per heavy atom. The molecule has 0 unspecified atom stereocenters. The van der Waals surface area contributed by atoms with Crippen molar-refractivity contribution in [3.05, 3.63) is 33.5 Å². The van der Waals surface area contributed by atoms with E-state index in [0.717, 1.165) is 27.3 Å². The molecule has 2 fully saturated rings. The molecule has 1 aromatic heterocycles. The van der Waals surface area contributed by atoms with E-state index < -0.39 is 29.1 Å². The molecule has 1 saturated carbocycles. The Bertz CT molecular complexity index is 1140. The molecule has 5 rings (SSSR count). The van der Waals surface area contributed by atoms with Gasteiger partial charge in [0, 0.05) is 33.9 Å². The van der Waals surface area contributed by atoms with Crippen molar-refractivity contribution in [2.45, 2.75) is 56.6 Å².